The molecule has 0 aliphatic heterocycles. The molecule has 0 aromatic carbocycles. The van der Waals surface area contributed by atoms with E-state index >= 15 is 0 Å². The van der Waals surface area contributed by atoms with Crippen molar-refractivity contribution in [2.75, 3.05) is 7.11 Å². The summed E-state index contributed by atoms with van der Waals surface area (Å²) in [7, 11) is 0.0497. The van der Waals surface area contributed by atoms with Crippen LogP contribution in [0.5, 0.6) is 0 Å². The summed E-state index contributed by atoms with van der Waals surface area (Å²) in [6.07, 6.45) is 1.36. The number of pyridine rings is 1. The van der Waals surface area contributed by atoms with E-state index in [0.717, 1.165) is 0 Å². The third-order valence-corrected chi connectivity index (χ3v) is 1.89. The van der Waals surface area contributed by atoms with Gasteiger partial charge in [-0.2, -0.15) is 0 Å². The Morgan fingerprint density at radius 3 is 2.77 bits per heavy atom. The van der Waals surface area contributed by atoms with Crippen molar-refractivity contribution in [1.82, 2.24) is 4.98 Å². The second-order valence-electron chi connectivity index (χ2n) is 2.73. The predicted molar refractivity (Wildman–Crippen MR) is 49.5 cm³/mol. The zero-order chi connectivity index (χ0) is 9.84. The molecule has 0 aliphatic rings. The maximum absolute atomic E-state index is 9.01. The highest BCUT2D eigenvalue weighted by molar-refractivity contribution is 6.59. The molecule has 70 valence electrons. The van der Waals surface area contributed by atoms with Crippen molar-refractivity contribution >= 4 is 12.6 Å². The molecule has 0 radical (unpaired) electrons. The molecule has 1 aromatic rings. The lowest BCUT2D eigenvalue weighted by Crippen LogP contribution is -2.34. The summed E-state index contributed by atoms with van der Waals surface area (Å²) in [6, 6.07) is 3.27. The summed E-state index contributed by atoms with van der Waals surface area (Å²) in [5, 5.41) is 18.0. The Morgan fingerprint density at radius 1 is 1.54 bits per heavy atom. The SMILES string of the molecule is CO[C@@H](C)c1ncccc1B(O)O. The van der Waals surface area contributed by atoms with Crippen LogP contribution in [0.3, 0.4) is 0 Å². The molecular formula is C8H12BNO3. The van der Waals surface area contributed by atoms with E-state index in [1.54, 1.807) is 32.4 Å². The number of nitrogens with zero attached hydrogens (tertiary/aromatic N) is 1. The van der Waals surface area contributed by atoms with Gasteiger partial charge in [0.1, 0.15) is 0 Å². The molecule has 0 spiro atoms. The Bertz CT molecular complexity index is 280. The van der Waals surface area contributed by atoms with Gasteiger partial charge in [0.15, 0.2) is 0 Å². The fraction of sp³-hybridized carbons (Fsp3) is 0.375. The highest BCUT2D eigenvalue weighted by Crippen LogP contribution is 2.09. The highest BCUT2D eigenvalue weighted by Gasteiger charge is 2.19. The molecule has 4 nitrogen and oxygen atoms in total. The van der Waals surface area contributed by atoms with Crippen LogP contribution in [-0.4, -0.2) is 29.3 Å². The number of hydrogen-bond acceptors (Lipinski definition) is 4. The van der Waals surface area contributed by atoms with E-state index in [9.17, 15) is 0 Å². The minimum atomic E-state index is -1.50. The molecule has 1 rings (SSSR count). The Kier molecular flexibility index (Phi) is 3.42. The molecule has 1 aromatic heterocycles. The second-order valence-corrected chi connectivity index (χ2v) is 2.73. The zero-order valence-electron chi connectivity index (χ0n) is 7.64. The van der Waals surface area contributed by atoms with Gasteiger partial charge in [-0.15, -0.1) is 0 Å². The molecular weight excluding hydrogens is 169 g/mol. The van der Waals surface area contributed by atoms with Crippen LogP contribution >= 0.6 is 0 Å². The van der Waals surface area contributed by atoms with Crippen molar-refractivity contribution in [3.05, 3.63) is 24.0 Å². The molecule has 5 heteroatoms. The van der Waals surface area contributed by atoms with Crippen LogP contribution in [-0.2, 0) is 4.74 Å². The standard InChI is InChI=1S/C8H12BNO3/c1-6(13-2)8-7(9(11)12)4-3-5-10-8/h3-6,11-12H,1-2H3/t6-/m0/s1. The quantitative estimate of drug-likeness (QED) is 0.615. The minimum Gasteiger partial charge on any atom is -0.423 e. The van der Waals surface area contributed by atoms with Crippen LogP contribution in [0.25, 0.3) is 0 Å². The number of ether oxygens (including phenoxy) is 1. The molecule has 0 unspecified atom stereocenters. The Labute approximate surface area is 77.3 Å². The summed E-state index contributed by atoms with van der Waals surface area (Å²) < 4.78 is 5.04. The number of methoxy groups -OCH3 is 1. The van der Waals surface area contributed by atoms with Gasteiger partial charge in [-0.1, -0.05) is 6.07 Å². The molecule has 0 saturated heterocycles. The molecule has 1 heterocycles. The fourth-order valence-electron chi connectivity index (χ4n) is 1.10. The lowest BCUT2D eigenvalue weighted by molar-refractivity contribution is 0.116. The summed E-state index contributed by atoms with van der Waals surface area (Å²) in [5.74, 6) is 0. The largest absolute Gasteiger partial charge is 0.490 e. The molecule has 0 aliphatic carbocycles. The molecule has 2 N–H and O–H groups in total. The third-order valence-electron chi connectivity index (χ3n) is 1.89. The van der Waals surface area contributed by atoms with Gasteiger partial charge >= 0.3 is 7.12 Å². The van der Waals surface area contributed by atoms with Crippen molar-refractivity contribution in [2.45, 2.75) is 13.0 Å². The number of hydrogen-bond donors (Lipinski definition) is 2. The van der Waals surface area contributed by atoms with Crippen LogP contribution in [0.4, 0.5) is 0 Å². The van der Waals surface area contributed by atoms with Crippen molar-refractivity contribution < 1.29 is 14.8 Å². The second kappa shape index (κ2) is 4.36. The van der Waals surface area contributed by atoms with E-state index in [1.807, 2.05) is 0 Å². The van der Waals surface area contributed by atoms with Gasteiger partial charge in [0.25, 0.3) is 0 Å². The van der Waals surface area contributed by atoms with Crippen molar-refractivity contribution in [3.63, 3.8) is 0 Å². The minimum absolute atomic E-state index is 0.238. The van der Waals surface area contributed by atoms with E-state index in [0.29, 0.717) is 11.2 Å². The van der Waals surface area contributed by atoms with E-state index in [1.165, 1.54) is 0 Å². The van der Waals surface area contributed by atoms with Gasteiger partial charge in [0.05, 0.1) is 11.8 Å². The average Bonchev–Trinajstić information content (AvgIpc) is 2.16. The van der Waals surface area contributed by atoms with Crippen LogP contribution in [0.15, 0.2) is 18.3 Å². The topological polar surface area (TPSA) is 62.6 Å². The van der Waals surface area contributed by atoms with Crippen molar-refractivity contribution in [3.8, 4) is 0 Å². The zero-order valence-corrected chi connectivity index (χ0v) is 7.64. The van der Waals surface area contributed by atoms with Gasteiger partial charge in [0, 0.05) is 18.8 Å². The molecule has 0 fully saturated rings. The molecule has 13 heavy (non-hydrogen) atoms. The lowest BCUT2D eigenvalue weighted by Gasteiger charge is -2.12. The number of aromatic nitrogens is 1. The first-order valence-electron chi connectivity index (χ1n) is 4.00. The summed E-state index contributed by atoms with van der Waals surface area (Å²) >= 11 is 0. The monoisotopic (exact) mass is 181 g/mol. The first-order valence-corrected chi connectivity index (χ1v) is 4.00. The first-order chi connectivity index (χ1) is 6.16. The lowest BCUT2D eigenvalue weighted by atomic mass is 9.78. The maximum Gasteiger partial charge on any atom is 0.490 e. The van der Waals surface area contributed by atoms with E-state index < -0.39 is 7.12 Å². The third kappa shape index (κ3) is 2.27. The van der Waals surface area contributed by atoms with Gasteiger partial charge in [-0.3, -0.25) is 4.98 Å². The molecule has 0 amide bonds. The normalized spacial score (nSPS) is 12.6. The van der Waals surface area contributed by atoms with Crippen molar-refractivity contribution in [2.24, 2.45) is 0 Å². The van der Waals surface area contributed by atoms with E-state index in [2.05, 4.69) is 4.98 Å². The fourth-order valence-corrected chi connectivity index (χ4v) is 1.10. The molecule has 0 saturated carbocycles. The van der Waals surface area contributed by atoms with Crippen LogP contribution in [0.1, 0.15) is 18.7 Å². The molecule has 0 bridgehead atoms. The van der Waals surface area contributed by atoms with Crippen molar-refractivity contribution in [1.29, 1.82) is 0 Å². The average molecular weight is 181 g/mol. The van der Waals surface area contributed by atoms with E-state index in [4.69, 9.17) is 14.8 Å². The van der Waals surface area contributed by atoms with Gasteiger partial charge in [-0.25, -0.2) is 0 Å². The van der Waals surface area contributed by atoms with Gasteiger partial charge < -0.3 is 14.8 Å². The first kappa shape index (κ1) is 10.2. The predicted octanol–water partition coefficient (Wildman–Crippen LogP) is -0.531. The van der Waals surface area contributed by atoms with E-state index in [-0.39, 0.29) is 6.10 Å². The summed E-state index contributed by atoms with van der Waals surface area (Å²) in [6.45, 7) is 1.80. The Hall–Kier alpha value is -0.905. The molecule has 1 atom stereocenters. The smallest absolute Gasteiger partial charge is 0.423 e. The summed E-state index contributed by atoms with van der Waals surface area (Å²) in [5.41, 5.74) is 0.942. The van der Waals surface area contributed by atoms with Gasteiger partial charge in [-0.05, 0) is 13.0 Å². The Morgan fingerprint density at radius 2 is 2.23 bits per heavy atom. The van der Waals surface area contributed by atoms with Crippen LogP contribution in [0, 0.1) is 0 Å². The Balaban J connectivity index is 3.04. The maximum atomic E-state index is 9.01. The van der Waals surface area contributed by atoms with Gasteiger partial charge in [0.2, 0.25) is 0 Å². The highest BCUT2D eigenvalue weighted by atomic mass is 16.5. The summed E-state index contributed by atoms with van der Waals surface area (Å²) in [4.78, 5) is 4.03. The number of rotatable bonds is 3. The van der Waals surface area contributed by atoms with Crippen LogP contribution in [0.2, 0.25) is 0 Å². The van der Waals surface area contributed by atoms with Crippen LogP contribution < -0.4 is 5.46 Å².